The van der Waals surface area contributed by atoms with Crippen LogP contribution in [0, 0.1) is 23.7 Å². The molecular weight excluding hydrogens is 360 g/mol. The number of carboxylic acids is 1. The molecule has 3 nitrogen and oxygen atoms in total. The summed E-state index contributed by atoms with van der Waals surface area (Å²) in [5.74, 6) is 3.61. The van der Waals surface area contributed by atoms with Crippen LogP contribution in [0.4, 0.5) is 0 Å². The number of rotatable bonds is 5. The fourth-order valence-corrected chi connectivity index (χ4v) is 5.55. The SMILES string of the molecule is CC1CCC(C(C)C)C(CCc2ccc3c(c2C(=O)O)Cc2ccccc2O3)C1. The number of fused-ring (bicyclic) bond motifs is 2. The lowest BCUT2D eigenvalue weighted by Gasteiger charge is -2.37. The molecule has 0 saturated heterocycles. The van der Waals surface area contributed by atoms with Crippen LogP contribution in [-0.4, -0.2) is 11.1 Å². The molecule has 1 aliphatic carbocycles. The maximum atomic E-state index is 12.2. The van der Waals surface area contributed by atoms with Crippen molar-refractivity contribution < 1.29 is 14.6 Å². The molecule has 1 aliphatic heterocycles. The monoisotopic (exact) mass is 392 g/mol. The summed E-state index contributed by atoms with van der Waals surface area (Å²) < 4.78 is 6.02. The summed E-state index contributed by atoms with van der Waals surface area (Å²) in [7, 11) is 0. The van der Waals surface area contributed by atoms with Crippen molar-refractivity contribution in [2.24, 2.45) is 23.7 Å². The van der Waals surface area contributed by atoms with Gasteiger partial charge in [0.1, 0.15) is 11.5 Å². The minimum absolute atomic E-state index is 0.460. The third kappa shape index (κ3) is 4.05. The molecule has 0 radical (unpaired) electrons. The van der Waals surface area contributed by atoms with Crippen LogP contribution in [0.2, 0.25) is 0 Å². The van der Waals surface area contributed by atoms with E-state index in [1.807, 2.05) is 36.4 Å². The molecule has 2 aromatic carbocycles. The van der Waals surface area contributed by atoms with Crippen LogP contribution in [0.25, 0.3) is 0 Å². The average molecular weight is 393 g/mol. The van der Waals surface area contributed by atoms with E-state index in [-0.39, 0.29) is 0 Å². The van der Waals surface area contributed by atoms with Crippen molar-refractivity contribution in [1.82, 2.24) is 0 Å². The molecule has 1 saturated carbocycles. The molecule has 3 unspecified atom stereocenters. The van der Waals surface area contributed by atoms with Crippen LogP contribution in [-0.2, 0) is 12.8 Å². The van der Waals surface area contributed by atoms with E-state index >= 15 is 0 Å². The highest BCUT2D eigenvalue weighted by Gasteiger charge is 2.31. The van der Waals surface area contributed by atoms with Crippen molar-refractivity contribution >= 4 is 5.97 Å². The summed E-state index contributed by atoms with van der Waals surface area (Å²) >= 11 is 0. The molecular formula is C26H32O3. The van der Waals surface area contributed by atoms with Gasteiger partial charge in [-0.2, -0.15) is 0 Å². The Labute approximate surface area is 174 Å². The van der Waals surface area contributed by atoms with Crippen molar-refractivity contribution in [3.63, 3.8) is 0 Å². The number of hydrogen-bond acceptors (Lipinski definition) is 2. The van der Waals surface area contributed by atoms with Crippen LogP contribution >= 0.6 is 0 Å². The largest absolute Gasteiger partial charge is 0.478 e. The number of ether oxygens (including phenoxy) is 1. The number of carbonyl (C=O) groups is 1. The highest BCUT2D eigenvalue weighted by Crippen LogP contribution is 2.42. The van der Waals surface area contributed by atoms with E-state index in [9.17, 15) is 9.90 Å². The second-order valence-corrected chi connectivity index (χ2v) is 9.39. The van der Waals surface area contributed by atoms with Crippen LogP contribution in [0.1, 0.15) is 73.5 Å². The Morgan fingerprint density at radius 2 is 1.93 bits per heavy atom. The highest BCUT2D eigenvalue weighted by atomic mass is 16.5. The summed E-state index contributed by atoms with van der Waals surface area (Å²) in [5, 5.41) is 10.0. The van der Waals surface area contributed by atoms with Crippen molar-refractivity contribution in [2.75, 3.05) is 0 Å². The molecule has 2 aromatic rings. The second-order valence-electron chi connectivity index (χ2n) is 9.39. The summed E-state index contributed by atoms with van der Waals surface area (Å²) in [6.07, 6.45) is 6.43. The Morgan fingerprint density at radius 1 is 1.14 bits per heavy atom. The van der Waals surface area contributed by atoms with Crippen LogP contribution in [0.15, 0.2) is 36.4 Å². The molecule has 0 amide bonds. The second kappa shape index (κ2) is 8.22. The molecule has 0 spiro atoms. The Bertz CT molecular complexity index is 899. The van der Waals surface area contributed by atoms with Crippen molar-refractivity contribution in [2.45, 2.75) is 59.3 Å². The molecule has 29 heavy (non-hydrogen) atoms. The predicted molar refractivity (Wildman–Crippen MR) is 116 cm³/mol. The fourth-order valence-electron chi connectivity index (χ4n) is 5.55. The molecule has 1 N–H and O–H groups in total. The quantitative estimate of drug-likeness (QED) is 0.524. The van der Waals surface area contributed by atoms with Gasteiger partial charge in [-0.1, -0.05) is 51.5 Å². The average Bonchev–Trinajstić information content (AvgIpc) is 2.69. The Morgan fingerprint density at radius 3 is 2.69 bits per heavy atom. The van der Waals surface area contributed by atoms with E-state index in [2.05, 4.69) is 20.8 Å². The first-order chi connectivity index (χ1) is 13.9. The lowest BCUT2D eigenvalue weighted by atomic mass is 9.68. The van der Waals surface area contributed by atoms with Crippen molar-refractivity contribution in [3.8, 4) is 11.5 Å². The van der Waals surface area contributed by atoms with Crippen LogP contribution < -0.4 is 4.74 Å². The number of para-hydroxylation sites is 1. The molecule has 2 aliphatic rings. The molecule has 1 fully saturated rings. The van der Waals surface area contributed by atoms with Gasteiger partial charge in [-0.25, -0.2) is 4.79 Å². The molecule has 0 bridgehead atoms. The van der Waals surface area contributed by atoms with E-state index in [1.165, 1.54) is 19.3 Å². The molecule has 3 atom stereocenters. The van der Waals surface area contributed by atoms with Gasteiger partial charge < -0.3 is 9.84 Å². The number of carboxylic acid groups (broad SMARTS) is 1. The van der Waals surface area contributed by atoms with E-state index in [1.54, 1.807) is 0 Å². The third-order valence-corrected chi connectivity index (χ3v) is 7.07. The molecule has 0 aromatic heterocycles. The number of benzene rings is 2. The molecule has 4 rings (SSSR count). The Hall–Kier alpha value is -2.29. The summed E-state index contributed by atoms with van der Waals surface area (Å²) in [4.78, 5) is 12.2. The molecule has 154 valence electrons. The normalized spacial score (nSPS) is 23.2. The van der Waals surface area contributed by atoms with Gasteiger partial charge in [0.15, 0.2) is 0 Å². The van der Waals surface area contributed by atoms with E-state index in [0.717, 1.165) is 47.1 Å². The number of aryl methyl sites for hydroxylation is 1. The summed E-state index contributed by atoms with van der Waals surface area (Å²) in [6.45, 7) is 7.04. The lowest BCUT2D eigenvalue weighted by Crippen LogP contribution is -2.28. The number of hydrogen-bond donors (Lipinski definition) is 1. The standard InChI is InChI=1S/C26H32O3/c1-16(2)21-12-8-17(3)14-19(21)10-9-18-11-13-24-22(25(18)26(27)28)15-20-6-4-5-7-23(20)29-24/h4-7,11,13,16-17,19,21H,8-10,12,14-15H2,1-3H3,(H,27,28). The maximum Gasteiger partial charge on any atom is 0.336 e. The van der Waals surface area contributed by atoms with Gasteiger partial charge in [-0.15, -0.1) is 0 Å². The molecule has 1 heterocycles. The van der Waals surface area contributed by atoms with Gasteiger partial charge in [0.2, 0.25) is 0 Å². The first-order valence-corrected chi connectivity index (χ1v) is 11.1. The van der Waals surface area contributed by atoms with Gasteiger partial charge in [0, 0.05) is 12.0 Å². The lowest BCUT2D eigenvalue weighted by molar-refractivity contribution is 0.0693. The van der Waals surface area contributed by atoms with Gasteiger partial charge in [-0.3, -0.25) is 0 Å². The van der Waals surface area contributed by atoms with Crippen LogP contribution in [0.3, 0.4) is 0 Å². The zero-order chi connectivity index (χ0) is 20.5. The van der Waals surface area contributed by atoms with Gasteiger partial charge >= 0.3 is 5.97 Å². The van der Waals surface area contributed by atoms with E-state index in [0.29, 0.717) is 29.6 Å². The first-order valence-electron chi connectivity index (χ1n) is 11.1. The minimum atomic E-state index is -0.836. The first kappa shape index (κ1) is 20.0. The Kier molecular flexibility index (Phi) is 5.67. The Balaban J connectivity index is 1.59. The summed E-state index contributed by atoms with van der Waals surface area (Å²) in [5.41, 5.74) is 3.30. The predicted octanol–water partition coefficient (Wildman–Crippen LogP) is 6.72. The zero-order valence-electron chi connectivity index (χ0n) is 17.8. The molecule has 3 heteroatoms. The van der Waals surface area contributed by atoms with Crippen LogP contribution in [0.5, 0.6) is 11.5 Å². The highest BCUT2D eigenvalue weighted by molar-refractivity contribution is 5.92. The third-order valence-electron chi connectivity index (χ3n) is 7.07. The maximum absolute atomic E-state index is 12.2. The number of aromatic carboxylic acids is 1. The van der Waals surface area contributed by atoms with E-state index < -0.39 is 5.97 Å². The van der Waals surface area contributed by atoms with Gasteiger partial charge in [0.05, 0.1) is 5.56 Å². The summed E-state index contributed by atoms with van der Waals surface area (Å²) in [6, 6.07) is 11.8. The van der Waals surface area contributed by atoms with Crippen molar-refractivity contribution in [1.29, 1.82) is 0 Å². The van der Waals surface area contributed by atoms with Gasteiger partial charge in [0.25, 0.3) is 0 Å². The van der Waals surface area contributed by atoms with Gasteiger partial charge in [-0.05, 0) is 72.6 Å². The minimum Gasteiger partial charge on any atom is -0.478 e. The van der Waals surface area contributed by atoms with Crippen molar-refractivity contribution in [3.05, 3.63) is 58.7 Å². The zero-order valence-corrected chi connectivity index (χ0v) is 17.8. The van der Waals surface area contributed by atoms with E-state index in [4.69, 9.17) is 4.74 Å². The topological polar surface area (TPSA) is 46.5 Å². The fraction of sp³-hybridized carbons (Fsp3) is 0.500. The smallest absolute Gasteiger partial charge is 0.336 e.